The van der Waals surface area contributed by atoms with Crippen LogP contribution in [0.2, 0.25) is 0 Å². The quantitative estimate of drug-likeness (QED) is 0.626. The molecule has 4 heteroatoms. The van der Waals surface area contributed by atoms with Crippen molar-refractivity contribution in [1.82, 2.24) is 4.98 Å². The van der Waals surface area contributed by atoms with Gasteiger partial charge in [0.1, 0.15) is 0 Å². The molecule has 2 rings (SSSR count). The Morgan fingerprint density at radius 1 is 0.941 bits per heavy atom. The first-order valence-corrected chi connectivity index (χ1v) is 5.35. The van der Waals surface area contributed by atoms with E-state index in [2.05, 4.69) is 15.2 Å². The topological polar surface area (TPSA) is 63.6 Å². The molecule has 0 spiro atoms. The van der Waals surface area contributed by atoms with Crippen LogP contribution in [0, 0.1) is 13.8 Å². The number of rotatable bonds is 2. The van der Waals surface area contributed by atoms with Crippen molar-refractivity contribution in [2.75, 3.05) is 5.73 Å². The summed E-state index contributed by atoms with van der Waals surface area (Å²) in [6.45, 7) is 3.93. The van der Waals surface area contributed by atoms with Crippen molar-refractivity contribution >= 4 is 17.1 Å². The second-order valence-electron chi connectivity index (χ2n) is 3.90. The van der Waals surface area contributed by atoms with Gasteiger partial charge in [0.05, 0.1) is 11.4 Å². The van der Waals surface area contributed by atoms with Crippen molar-refractivity contribution in [3.05, 3.63) is 47.8 Å². The van der Waals surface area contributed by atoms with E-state index in [4.69, 9.17) is 5.73 Å². The maximum absolute atomic E-state index is 5.88. The molecule has 2 aromatic rings. The van der Waals surface area contributed by atoms with Crippen LogP contribution in [0.5, 0.6) is 0 Å². The molecule has 1 aromatic heterocycles. The molecule has 0 aliphatic heterocycles. The Kier molecular flexibility index (Phi) is 3.14. The molecule has 0 amide bonds. The highest BCUT2D eigenvalue weighted by atomic mass is 15.1. The summed E-state index contributed by atoms with van der Waals surface area (Å²) in [7, 11) is 0. The summed E-state index contributed by atoms with van der Waals surface area (Å²) in [5.74, 6) is 0. The number of hydrogen-bond donors (Lipinski definition) is 1. The second-order valence-corrected chi connectivity index (χ2v) is 3.90. The molecule has 17 heavy (non-hydrogen) atoms. The van der Waals surface area contributed by atoms with Crippen LogP contribution >= 0.6 is 0 Å². The molecular formula is C13H14N4. The van der Waals surface area contributed by atoms with Crippen LogP contribution in [0.4, 0.5) is 17.1 Å². The molecule has 1 heterocycles. The zero-order chi connectivity index (χ0) is 12.3. The van der Waals surface area contributed by atoms with E-state index in [1.54, 1.807) is 24.5 Å². The molecule has 0 atom stereocenters. The number of nitrogens with zero attached hydrogens (tertiary/aromatic N) is 3. The van der Waals surface area contributed by atoms with Gasteiger partial charge in [-0.2, -0.15) is 10.2 Å². The zero-order valence-electron chi connectivity index (χ0n) is 9.88. The molecule has 0 aliphatic rings. The van der Waals surface area contributed by atoms with Crippen molar-refractivity contribution in [3.63, 3.8) is 0 Å². The maximum Gasteiger partial charge on any atom is 0.0887 e. The first-order chi connectivity index (χ1) is 8.16. The summed E-state index contributed by atoms with van der Waals surface area (Å²) in [5, 5.41) is 8.31. The molecule has 0 unspecified atom stereocenters. The van der Waals surface area contributed by atoms with E-state index in [9.17, 15) is 0 Å². The van der Waals surface area contributed by atoms with E-state index in [1.165, 1.54) is 0 Å². The van der Waals surface area contributed by atoms with E-state index in [0.29, 0.717) is 0 Å². The van der Waals surface area contributed by atoms with Crippen LogP contribution in [0.3, 0.4) is 0 Å². The third-order valence-corrected chi connectivity index (χ3v) is 2.52. The van der Waals surface area contributed by atoms with Gasteiger partial charge in [-0.25, -0.2) is 0 Å². The van der Waals surface area contributed by atoms with Crippen molar-refractivity contribution < 1.29 is 0 Å². The summed E-state index contributed by atoms with van der Waals surface area (Å²) < 4.78 is 0. The van der Waals surface area contributed by atoms with Gasteiger partial charge >= 0.3 is 0 Å². The van der Waals surface area contributed by atoms with E-state index in [1.807, 2.05) is 26.0 Å². The number of aromatic nitrogens is 1. The van der Waals surface area contributed by atoms with Crippen LogP contribution < -0.4 is 5.73 Å². The number of benzene rings is 1. The minimum absolute atomic E-state index is 0.784. The van der Waals surface area contributed by atoms with Gasteiger partial charge in [-0.05, 0) is 49.2 Å². The lowest BCUT2D eigenvalue weighted by atomic mass is 10.1. The number of hydrogen-bond acceptors (Lipinski definition) is 4. The van der Waals surface area contributed by atoms with Gasteiger partial charge in [0, 0.05) is 18.1 Å². The Bertz CT molecular complexity index is 524. The highest BCUT2D eigenvalue weighted by Crippen LogP contribution is 2.25. The number of aryl methyl sites for hydroxylation is 2. The second kappa shape index (κ2) is 4.74. The van der Waals surface area contributed by atoms with Crippen molar-refractivity contribution in [1.29, 1.82) is 0 Å². The van der Waals surface area contributed by atoms with Crippen molar-refractivity contribution in [2.24, 2.45) is 10.2 Å². The number of pyridine rings is 1. The lowest BCUT2D eigenvalue weighted by Gasteiger charge is -2.04. The van der Waals surface area contributed by atoms with Gasteiger partial charge in [0.25, 0.3) is 0 Å². The lowest BCUT2D eigenvalue weighted by Crippen LogP contribution is -1.92. The van der Waals surface area contributed by atoms with Crippen molar-refractivity contribution in [3.8, 4) is 0 Å². The van der Waals surface area contributed by atoms with Crippen LogP contribution in [-0.2, 0) is 0 Å². The Labute approximate surface area is 100 Å². The van der Waals surface area contributed by atoms with E-state index in [0.717, 1.165) is 28.2 Å². The average molecular weight is 226 g/mol. The van der Waals surface area contributed by atoms with Crippen molar-refractivity contribution in [2.45, 2.75) is 13.8 Å². The largest absolute Gasteiger partial charge is 0.398 e. The van der Waals surface area contributed by atoms with Gasteiger partial charge in [-0.1, -0.05) is 0 Å². The van der Waals surface area contributed by atoms with Crippen LogP contribution in [0.1, 0.15) is 11.1 Å². The Balaban J connectivity index is 2.28. The summed E-state index contributed by atoms with van der Waals surface area (Å²) in [5.41, 5.74) is 10.3. The summed E-state index contributed by atoms with van der Waals surface area (Å²) >= 11 is 0. The minimum Gasteiger partial charge on any atom is -0.398 e. The van der Waals surface area contributed by atoms with Gasteiger partial charge in [-0.15, -0.1) is 0 Å². The van der Waals surface area contributed by atoms with Crippen LogP contribution in [0.15, 0.2) is 46.9 Å². The van der Waals surface area contributed by atoms with E-state index in [-0.39, 0.29) is 0 Å². The molecular weight excluding hydrogens is 212 g/mol. The lowest BCUT2D eigenvalue weighted by molar-refractivity contribution is 1.20. The molecule has 0 fully saturated rings. The summed E-state index contributed by atoms with van der Waals surface area (Å²) in [6.07, 6.45) is 3.38. The molecule has 2 N–H and O–H groups in total. The predicted octanol–water partition coefficient (Wildman–Crippen LogP) is 3.70. The van der Waals surface area contributed by atoms with Gasteiger partial charge in [0.2, 0.25) is 0 Å². The molecule has 1 aromatic carbocycles. The monoisotopic (exact) mass is 226 g/mol. The Hall–Kier alpha value is -2.23. The fraction of sp³-hybridized carbons (Fsp3) is 0.154. The number of nitrogens with two attached hydrogens (primary N) is 1. The van der Waals surface area contributed by atoms with Gasteiger partial charge < -0.3 is 5.73 Å². The molecule has 0 aliphatic carbocycles. The molecule has 4 nitrogen and oxygen atoms in total. The smallest absolute Gasteiger partial charge is 0.0887 e. The Morgan fingerprint density at radius 3 is 2.06 bits per heavy atom. The third-order valence-electron chi connectivity index (χ3n) is 2.52. The SMILES string of the molecule is Cc1cc(N=Nc2ccncc2)cc(C)c1N. The van der Waals surface area contributed by atoms with E-state index >= 15 is 0 Å². The fourth-order valence-corrected chi connectivity index (χ4v) is 1.54. The highest BCUT2D eigenvalue weighted by molar-refractivity contribution is 5.59. The molecule has 0 radical (unpaired) electrons. The Morgan fingerprint density at radius 2 is 1.47 bits per heavy atom. The highest BCUT2D eigenvalue weighted by Gasteiger charge is 2.00. The first-order valence-electron chi connectivity index (χ1n) is 5.35. The molecule has 86 valence electrons. The zero-order valence-corrected chi connectivity index (χ0v) is 9.88. The number of azo groups is 1. The predicted molar refractivity (Wildman–Crippen MR) is 68.7 cm³/mol. The third kappa shape index (κ3) is 2.66. The molecule has 0 saturated carbocycles. The van der Waals surface area contributed by atoms with E-state index < -0.39 is 0 Å². The number of nitrogen functional groups attached to an aromatic ring is 1. The number of anilines is 1. The van der Waals surface area contributed by atoms with Gasteiger partial charge in [0.15, 0.2) is 0 Å². The molecule has 0 saturated heterocycles. The normalized spacial score (nSPS) is 10.9. The summed E-state index contributed by atoms with van der Waals surface area (Å²) in [6, 6.07) is 7.46. The fourth-order valence-electron chi connectivity index (χ4n) is 1.54. The summed E-state index contributed by atoms with van der Waals surface area (Å²) in [4.78, 5) is 3.92. The standard InChI is InChI=1S/C13H14N4/c1-9-7-12(8-10(2)13(9)14)17-16-11-3-5-15-6-4-11/h3-8H,14H2,1-2H3. The molecule has 0 bridgehead atoms. The van der Waals surface area contributed by atoms with Crippen LogP contribution in [-0.4, -0.2) is 4.98 Å². The average Bonchev–Trinajstić information content (AvgIpc) is 2.34. The first kappa shape index (κ1) is 11.3. The van der Waals surface area contributed by atoms with Gasteiger partial charge in [-0.3, -0.25) is 4.98 Å². The minimum atomic E-state index is 0.784. The van der Waals surface area contributed by atoms with Crippen LogP contribution in [0.25, 0.3) is 0 Å². The maximum atomic E-state index is 5.88.